The molecular weight excluding hydrogens is 454 g/mol. The summed E-state index contributed by atoms with van der Waals surface area (Å²) in [5.41, 5.74) is 4.47. The van der Waals surface area contributed by atoms with Crippen molar-refractivity contribution < 1.29 is 9.53 Å². The number of carbonyl (C=O) groups excluding carboxylic acids is 1. The molecule has 33 heavy (non-hydrogen) atoms. The Bertz CT molecular complexity index is 1450. The Hall–Kier alpha value is -3.61. The van der Waals surface area contributed by atoms with E-state index in [1.165, 1.54) is 11.8 Å². The van der Waals surface area contributed by atoms with Gasteiger partial charge in [0.1, 0.15) is 5.75 Å². The van der Waals surface area contributed by atoms with E-state index in [1.54, 1.807) is 13.3 Å². The molecule has 0 atom stereocenters. The highest BCUT2D eigenvalue weighted by Gasteiger charge is 2.22. The zero-order valence-corrected chi connectivity index (χ0v) is 19.2. The Morgan fingerprint density at radius 2 is 1.88 bits per heavy atom. The van der Waals surface area contributed by atoms with Gasteiger partial charge in [-0.3, -0.25) is 9.78 Å². The minimum Gasteiger partial charge on any atom is -0.497 e. The van der Waals surface area contributed by atoms with Crippen molar-refractivity contribution in [2.75, 3.05) is 12.4 Å². The number of carbonyl (C=O) groups is 1. The van der Waals surface area contributed by atoms with Crippen LogP contribution >= 0.6 is 23.4 Å². The molecule has 3 aromatic carbocycles. The van der Waals surface area contributed by atoms with Crippen molar-refractivity contribution in [3.8, 4) is 16.9 Å². The summed E-state index contributed by atoms with van der Waals surface area (Å²) in [6.45, 7) is 0. The number of pyridine rings is 1. The molecule has 162 valence electrons. The van der Waals surface area contributed by atoms with Crippen LogP contribution in [0.3, 0.4) is 0 Å². The second-order valence-electron chi connectivity index (χ2n) is 7.34. The number of hydrogen-bond donors (Lipinski definition) is 1. The van der Waals surface area contributed by atoms with E-state index < -0.39 is 0 Å². The van der Waals surface area contributed by atoms with Gasteiger partial charge in [-0.15, -0.1) is 0 Å². The van der Waals surface area contributed by atoms with Gasteiger partial charge in [-0.2, -0.15) is 4.99 Å². The zero-order chi connectivity index (χ0) is 22.8. The van der Waals surface area contributed by atoms with Crippen LogP contribution in [0.15, 0.2) is 88.9 Å². The fourth-order valence-corrected chi connectivity index (χ4v) is 4.51. The number of fused-ring (bicyclic) bond motifs is 1. The largest absolute Gasteiger partial charge is 0.497 e. The third kappa shape index (κ3) is 4.62. The average molecular weight is 472 g/mol. The number of ether oxygens (including phenoxy) is 1. The maximum absolute atomic E-state index is 12.5. The van der Waals surface area contributed by atoms with Crippen molar-refractivity contribution in [1.82, 2.24) is 4.98 Å². The molecule has 5 rings (SSSR count). The number of anilines is 1. The molecule has 2 heterocycles. The number of nitrogens with zero attached hydrogens (tertiary/aromatic N) is 2. The maximum Gasteiger partial charge on any atom is 0.286 e. The molecule has 0 unspecified atom stereocenters. The van der Waals surface area contributed by atoms with E-state index in [1.807, 2.05) is 78.9 Å². The van der Waals surface area contributed by atoms with Crippen LogP contribution in [0.4, 0.5) is 5.69 Å². The number of aromatic nitrogens is 1. The molecule has 1 amide bonds. The highest BCUT2D eigenvalue weighted by atomic mass is 35.5. The lowest BCUT2D eigenvalue weighted by Crippen LogP contribution is -2.05. The van der Waals surface area contributed by atoms with Gasteiger partial charge in [-0.25, -0.2) is 0 Å². The Morgan fingerprint density at radius 1 is 1.00 bits per heavy atom. The zero-order valence-electron chi connectivity index (χ0n) is 17.6. The van der Waals surface area contributed by atoms with Gasteiger partial charge in [-0.1, -0.05) is 41.9 Å². The summed E-state index contributed by atoms with van der Waals surface area (Å²) in [6, 6.07) is 23.3. The van der Waals surface area contributed by atoms with E-state index in [2.05, 4.69) is 15.3 Å². The van der Waals surface area contributed by atoms with E-state index in [0.29, 0.717) is 20.8 Å². The molecule has 0 radical (unpaired) electrons. The van der Waals surface area contributed by atoms with Crippen molar-refractivity contribution in [3.05, 3.63) is 94.5 Å². The van der Waals surface area contributed by atoms with Gasteiger partial charge in [0.05, 0.1) is 28.2 Å². The van der Waals surface area contributed by atoms with Gasteiger partial charge < -0.3 is 10.1 Å². The van der Waals surface area contributed by atoms with Crippen molar-refractivity contribution in [1.29, 1.82) is 0 Å². The predicted molar refractivity (Wildman–Crippen MR) is 137 cm³/mol. The number of aliphatic imine (C=N–C) groups is 1. The minimum absolute atomic E-state index is 0.283. The number of benzene rings is 3. The predicted octanol–water partition coefficient (Wildman–Crippen LogP) is 6.65. The summed E-state index contributed by atoms with van der Waals surface area (Å²) in [5, 5.41) is 5.24. The number of methoxy groups -OCH3 is 1. The number of halogens is 1. The standard InChI is InChI=1S/C26H18ClN3O2S/c1-32-20-6-2-4-17(14-20)18-8-9-21(27)23(15-18)29-26-30-25(31)24(33-26)13-16-7-10-22-19(12-16)5-3-11-28-22/h2-15H,1H3,(H,29,30,31). The Labute approximate surface area is 200 Å². The minimum atomic E-state index is -0.283. The lowest BCUT2D eigenvalue weighted by molar-refractivity contribution is -0.113. The van der Waals surface area contributed by atoms with Crippen LogP contribution in [0.1, 0.15) is 5.56 Å². The fraction of sp³-hybridized carbons (Fsp3) is 0.0385. The van der Waals surface area contributed by atoms with Crippen LogP contribution in [0, 0.1) is 0 Å². The average Bonchev–Trinajstić information content (AvgIpc) is 3.18. The first-order chi connectivity index (χ1) is 16.1. The van der Waals surface area contributed by atoms with E-state index in [-0.39, 0.29) is 5.91 Å². The van der Waals surface area contributed by atoms with Gasteiger partial charge in [0, 0.05) is 11.6 Å². The third-order valence-electron chi connectivity index (χ3n) is 5.16. The molecule has 0 bridgehead atoms. The summed E-state index contributed by atoms with van der Waals surface area (Å²) in [6.07, 6.45) is 3.60. The monoisotopic (exact) mass is 471 g/mol. The third-order valence-corrected chi connectivity index (χ3v) is 6.39. The van der Waals surface area contributed by atoms with E-state index in [0.717, 1.165) is 33.3 Å². The van der Waals surface area contributed by atoms with E-state index >= 15 is 0 Å². The number of thioether (sulfide) groups is 1. The molecule has 0 saturated heterocycles. The molecule has 0 aliphatic carbocycles. The molecule has 7 heteroatoms. The second-order valence-corrected chi connectivity index (χ2v) is 8.78. The molecule has 5 nitrogen and oxygen atoms in total. The quantitative estimate of drug-likeness (QED) is 0.338. The summed E-state index contributed by atoms with van der Waals surface area (Å²) in [4.78, 5) is 21.5. The lowest BCUT2D eigenvalue weighted by atomic mass is 10.0. The van der Waals surface area contributed by atoms with Gasteiger partial charge in [-0.05, 0) is 77.0 Å². The topological polar surface area (TPSA) is 63.6 Å². The first kappa shape index (κ1) is 21.2. The Morgan fingerprint density at radius 3 is 2.76 bits per heavy atom. The molecular formula is C26H18ClN3O2S. The van der Waals surface area contributed by atoms with Crippen molar-refractivity contribution in [2.24, 2.45) is 4.99 Å². The van der Waals surface area contributed by atoms with Gasteiger partial charge in [0.15, 0.2) is 5.17 Å². The summed E-state index contributed by atoms with van der Waals surface area (Å²) >= 11 is 7.71. The number of amidine groups is 1. The van der Waals surface area contributed by atoms with E-state index in [4.69, 9.17) is 16.3 Å². The van der Waals surface area contributed by atoms with Crippen LogP contribution < -0.4 is 10.1 Å². The Kier molecular flexibility index (Phi) is 5.86. The Balaban J connectivity index is 1.37. The molecule has 1 aromatic heterocycles. The van der Waals surface area contributed by atoms with Crippen molar-refractivity contribution in [2.45, 2.75) is 0 Å². The summed E-state index contributed by atoms with van der Waals surface area (Å²) < 4.78 is 5.32. The molecule has 1 aliphatic rings. The highest BCUT2D eigenvalue weighted by Crippen LogP contribution is 2.34. The first-order valence-electron chi connectivity index (χ1n) is 10.2. The van der Waals surface area contributed by atoms with Crippen molar-refractivity contribution >= 4 is 57.1 Å². The number of amides is 1. The smallest absolute Gasteiger partial charge is 0.286 e. The summed E-state index contributed by atoms with van der Waals surface area (Å²) in [7, 11) is 1.64. The fourth-order valence-electron chi connectivity index (χ4n) is 3.52. The number of hydrogen-bond acceptors (Lipinski definition) is 5. The van der Waals surface area contributed by atoms with Gasteiger partial charge in [0.2, 0.25) is 0 Å². The SMILES string of the molecule is COc1cccc(-c2ccc(Cl)c(NC3=NC(=O)C(=Cc4ccc5ncccc5c4)S3)c2)c1. The van der Waals surface area contributed by atoms with Crippen LogP contribution in [0.25, 0.3) is 28.1 Å². The summed E-state index contributed by atoms with van der Waals surface area (Å²) in [5.74, 6) is 0.492. The molecule has 1 N–H and O–H groups in total. The number of nitrogens with one attached hydrogen (secondary N) is 1. The van der Waals surface area contributed by atoms with Crippen LogP contribution in [-0.2, 0) is 4.79 Å². The van der Waals surface area contributed by atoms with Crippen LogP contribution in [0.5, 0.6) is 5.75 Å². The maximum atomic E-state index is 12.5. The number of rotatable bonds is 4. The van der Waals surface area contributed by atoms with Crippen molar-refractivity contribution in [3.63, 3.8) is 0 Å². The second kappa shape index (κ2) is 9.10. The normalized spacial score (nSPS) is 14.5. The molecule has 0 saturated carbocycles. The first-order valence-corrected chi connectivity index (χ1v) is 11.4. The van der Waals surface area contributed by atoms with Gasteiger partial charge in [0.25, 0.3) is 5.91 Å². The van der Waals surface area contributed by atoms with Gasteiger partial charge >= 0.3 is 0 Å². The van der Waals surface area contributed by atoms with Crippen LogP contribution in [0.2, 0.25) is 5.02 Å². The molecule has 1 aliphatic heterocycles. The lowest BCUT2D eigenvalue weighted by Gasteiger charge is -2.10. The van der Waals surface area contributed by atoms with Crippen LogP contribution in [-0.4, -0.2) is 23.2 Å². The van der Waals surface area contributed by atoms with E-state index in [9.17, 15) is 4.79 Å². The molecule has 0 fully saturated rings. The molecule has 4 aromatic rings. The highest BCUT2D eigenvalue weighted by molar-refractivity contribution is 8.18. The molecule has 0 spiro atoms.